The molecule has 10 heteroatoms. The quantitative estimate of drug-likeness (QED) is 0.255. The molecule has 0 spiro atoms. The van der Waals surface area contributed by atoms with Gasteiger partial charge in [-0.3, -0.25) is 24.1 Å². The third kappa shape index (κ3) is 12.0. The van der Waals surface area contributed by atoms with Gasteiger partial charge in [0.25, 0.3) is 11.8 Å². The molecule has 1 aliphatic rings. The molecule has 0 aromatic rings. The Bertz CT molecular complexity index is 560. The molecule has 0 aliphatic carbocycles. The van der Waals surface area contributed by atoms with E-state index in [1.807, 2.05) is 13.8 Å². The molecule has 0 aromatic carbocycles. The van der Waals surface area contributed by atoms with Gasteiger partial charge in [-0.1, -0.05) is 0 Å². The summed E-state index contributed by atoms with van der Waals surface area (Å²) in [5.74, 6) is -1.15. The second kappa shape index (κ2) is 14.7. The van der Waals surface area contributed by atoms with E-state index in [0.29, 0.717) is 46.1 Å². The Morgan fingerprint density at radius 3 is 2.03 bits per heavy atom. The van der Waals surface area contributed by atoms with Crippen molar-refractivity contribution in [1.82, 2.24) is 15.5 Å². The minimum Gasteiger partial charge on any atom is -0.379 e. The molecule has 1 heterocycles. The summed E-state index contributed by atoms with van der Waals surface area (Å²) in [6.45, 7) is 6.54. The number of nitrogens with zero attached hydrogens (tertiary/aromatic N) is 1. The van der Waals surface area contributed by atoms with Crippen LogP contribution in [-0.2, 0) is 33.4 Å². The molecule has 0 bridgehead atoms. The number of amides is 4. The first-order valence-corrected chi connectivity index (χ1v) is 9.74. The van der Waals surface area contributed by atoms with Gasteiger partial charge in [-0.15, -0.1) is 0 Å². The number of nitrogens with one attached hydrogen (secondary N) is 2. The van der Waals surface area contributed by atoms with Gasteiger partial charge in [-0.25, -0.2) is 0 Å². The Balaban J connectivity index is 1.87. The maximum Gasteiger partial charge on any atom is 0.253 e. The zero-order valence-electron chi connectivity index (χ0n) is 17.1. The number of hydrogen-bond donors (Lipinski definition) is 2. The molecule has 164 valence electrons. The van der Waals surface area contributed by atoms with Crippen molar-refractivity contribution in [1.29, 1.82) is 0 Å². The van der Waals surface area contributed by atoms with Crippen molar-refractivity contribution in [3.8, 4) is 0 Å². The number of carbonyl (C=O) groups is 4. The van der Waals surface area contributed by atoms with Gasteiger partial charge >= 0.3 is 0 Å². The van der Waals surface area contributed by atoms with Crippen LogP contribution in [0.25, 0.3) is 0 Å². The predicted octanol–water partition coefficient (Wildman–Crippen LogP) is -0.618. The lowest BCUT2D eigenvalue weighted by molar-refractivity contribution is -0.137. The maximum absolute atomic E-state index is 11.7. The molecule has 0 saturated heterocycles. The van der Waals surface area contributed by atoms with E-state index in [9.17, 15) is 19.2 Å². The van der Waals surface area contributed by atoms with Crippen molar-refractivity contribution in [2.75, 3.05) is 52.7 Å². The fraction of sp³-hybridized carbons (Fsp3) is 0.684. The number of rotatable bonds is 16. The van der Waals surface area contributed by atoms with Crippen molar-refractivity contribution < 1.29 is 33.4 Å². The van der Waals surface area contributed by atoms with Crippen molar-refractivity contribution in [3.05, 3.63) is 12.2 Å². The zero-order valence-corrected chi connectivity index (χ0v) is 17.1. The molecule has 4 amide bonds. The lowest BCUT2D eigenvalue weighted by Gasteiger charge is -2.13. The van der Waals surface area contributed by atoms with Crippen LogP contribution in [-0.4, -0.2) is 87.3 Å². The van der Waals surface area contributed by atoms with Gasteiger partial charge in [0.15, 0.2) is 0 Å². The minimum absolute atomic E-state index is 0.0495. The SMILES string of the molecule is CC(C)OCCNC(=O)CCOCCOCCNC(=O)CCN1C(=O)C=CC1=O. The first-order chi connectivity index (χ1) is 13.9. The average molecular weight is 413 g/mol. The molecular weight excluding hydrogens is 382 g/mol. The summed E-state index contributed by atoms with van der Waals surface area (Å²) >= 11 is 0. The molecule has 0 atom stereocenters. The van der Waals surface area contributed by atoms with Crippen LogP contribution in [0.1, 0.15) is 26.7 Å². The fourth-order valence-corrected chi connectivity index (χ4v) is 2.28. The number of carbonyl (C=O) groups excluding carboxylic acids is 4. The third-order valence-electron chi connectivity index (χ3n) is 3.75. The number of ether oxygens (including phenoxy) is 3. The van der Waals surface area contributed by atoms with Crippen LogP contribution < -0.4 is 10.6 Å². The van der Waals surface area contributed by atoms with Crippen LogP contribution >= 0.6 is 0 Å². The van der Waals surface area contributed by atoms with E-state index >= 15 is 0 Å². The molecule has 0 saturated carbocycles. The summed E-state index contributed by atoms with van der Waals surface area (Å²) in [6.07, 6.45) is 2.84. The van der Waals surface area contributed by atoms with Gasteiger partial charge in [-0.2, -0.15) is 0 Å². The molecular formula is C19H31N3O7. The Morgan fingerprint density at radius 1 is 0.862 bits per heavy atom. The Hall–Kier alpha value is -2.30. The van der Waals surface area contributed by atoms with E-state index in [1.54, 1.807) is 0 Å². The second-order valence-corrected chi connectivity index (χ2v) is 6.51. The number of imide groups is 1. The van der Waals surface area contributed by atoms with E-state index in [1.165, 1.54) is 12.2 Å². The van der Waals surface area contributed by atoms with Gasteiger partial charge < -0.3 is 24.8 Å². The van der Waals surface area contributed by atoms with Gasteiger partial charge in [0, 0.05) is 44.6 Å². The highest BCUT2D eigenvalue weighted by Crippen LogP contribution is 2.03. The summed E-state index contributed by atoms with van der Waals surface area (Å²) in [6, 6.07) is 0. The topological polar surface area (TPSA) is 123 Å². The molecule has 1 rings (SSSR count). The van der Waals surface area contributed by atoms with Crippen LogP contribution in [0.4, 0.5) is 0 Å². The lowest BCUT2D eigenvalue weighted by Crippen LogP contribution is -2.35. The highest BCUT2D eigenvalue weighted by atomic mass is 16.5. The molecule has 0 radical (unpaired) electrons. The third-order valence-corrected chi connectivity index (χ3v) is 3.75. The summed E-state index contributed by atoms with van der Waals surface area (Å²) in [5.41, 5.74) is 0. The van der Waals surface area contributed by atoms with E-state index < -0.39 is 11.8 Å². The Kier molecular flexibility index (Phi) is 12.5. The summed E-state index contributed by atoms with van der Waals surface area (Å²) < 4.78 is 16.0. The fourth-order valence-electron chi connectivity index (χ4n) is 2.28. The van der Waals surface area contributed by atoms with Crippen molar-refractivity contribution in [3.63, 3.8) is 0 Å². The highest BCUT2D eigenvalue weighted by molar-refractivity contribution is 6.13. The van der Waals surface area contributed by atoms with Crippen molar-refractivity contribution >= 4 is 23.6 Å². The van der Waals surface area contributed by atoms with Gasteiger partial charge in [0.05, 0.1) is 39.1 Å². The van der Waals surface area contributed by atoms with E-state index in [-0.39, 0.29) is 37.3 Å². The van der Waals surface area contributed by atoms with Crippen LogP contribution in [0.2, 0.25) is 0 Å². The van der Waals surface area contributed by atoms with Crippen LogP contribution in [0.5, 0.6) is 0 Å². The molecule has 29 heavy (non-hydrogen) atoms. The first-order valence-electron chi connectivity index (χ1n) is 9.74. The lowest BCUT2D eigenvalue weighted by atomic mass is 10.3. The maximum atomic E-state index is 11.7. The monoisotopic (exact) mass is 413 g/mol. The van der Waals surface area contributed by atoms with Gasteiger partial charge in [0.2, 0.25) is 11.8 Å². The largest absolute Gasteiger partial charge is 0.379 e. The summed E-state index contributed by atoms with van der Waals surface area (Å²) in [5, 5.41) is 5.39. The predicted molar refractivity (Wildman–Crippen MR) is 104 cm³/mol. The second-order valence-electron chi connectivity index (χ2n) is 6.51. The standard InChI is InChI=1S/C19H31N3O7/c1-15(2)29-12-8-21-17(24)6-10-27-13-14-28-11-7-20-16(23)5-9-22-18(25)3-4-19(22)26/h3-4,15H,5-14H2,1-2H3,(H,20,23)(H,21,24). The Morgan fingerprint density at radius 2 is 1.41 bits per heavy atom. The molecule has 0 fully saturated rings. The minimum atomic E-state index is -0.399. The Labute approximate surface area is 170 Å². The zero-order chi connectivity index (χ0) is 21.5. The molecule has 0 aromatic heterocycles. The normalized spacial score (nSPS) is 13.4. The van der Waals surface area contributed by atoms with Gasteiger partial charge in [0.1, 0.15) is 0 Å². The van der Waals surface area contributed by atoms with Crippen molar-refractivity contribution in [2.24, 2.45) is 0 Å². The van der Waals surface area contributed by atoms with E-state index in [4.69, 9.17) is 14.2 Å². The highest BCUT2D eigenvalue weighted by Gasteiger charge is 2.23. The average Bonchev–Trinajstić information content (AvgIpc) is 2.99. The van der Waals surface area contributed by atoms with Crippen LogP contribution in [0.15, 0.2) is 12.2 Å². The summed E-state index contributed by atoms with van der Waals surface area (Å²) in [7, 11) is 0. The van der Waals surface area contributed by atoms with Crippen molar-refractivity contribution in [2.45, 2.75) is 32.8 Å². The number of hydrogen-bond acceptors (Lipinski definition) is 7. The first kappa shape index (κ1) is 24.7. The molecule has 2 N–H and O–H groups in total. The molecule has 10 nitrogen and oxygen atoms in total. The van der Waals surface area contributed by atoms with Crippen LogP contribution in [0, 0.1) is 0 Å². The summed E-state index contributed by atoms with van der Waals surface area (Å²) in [4.78, 5) is 46.9. The molecule has 1 aliphatic heterocycles. The molecule has 0 unspecified atom stereocenters. The van der Waals surface area contributed by atoms with E-state index in [2.05, 4.69) is 10.6 Å². The van der Waals surface area contributed by atoms with E-state index in [0.717, 1.165) is 4.90 Å². The van der Waals surface area contributed by atoms with Crippen LogP contribution in [0.3, 0.4) is 0 Å². The smallest absolute Gasteiger partial charge is 0.253 e. The van der Waals surface area contributed by atoms with Gasteiger partial charge in [-0.05, 0) is 13.8 Å².